The van der Waals surface area contributed by atoms with Gasteiger partial charge in [-0.2, -0.15) is 0 Å². The van der Waals surface area contributed by atoms with Crippen LogP contribution in [-0.2, 0) is 16.0 Å². The van der Waals surface area contributed by atoms with Crippen LogP contribution in [-0.4, -0.2) is 41.3 Å². The first-order chi connectivity index (χ1) is 11.2. The molecule has 0 bridgehead atoms. The maximum Gasteiger partial charge on any atom is 0.416 e. The van der Waals surface area contributed by atoms with Crippen molar-refractivity contribution in [2.45, 2.75) is 45.1 Å². The van der Waals surface area contributed by atoms with Crippen molar-refractivity contribution in [1.82, 2.24) is 4.90 Å². The molecule has 5 nitrogen and oxygen atoms in total. The van der Waals surface area contributed by atoms with Gasteiger partial charge in [0.2, 0.25) is 5.91 Å². The smallest absolute Gasteiger partial charge is 0.416 e. The fraction of sp³-hybridized carbons (Fsp3) is 0.556. The van der Waals surface area contributed by atoms with Crippen molar-refractivity contribution in [2.75, 3.05) is 13.2 Å². The minimum absolute atomic E-state index is 0.0492. The van der Waals surface area contributed by atoms with Crippen molar-refractivity contribution < 1.29 is 19.4 Å². The summed E-state index contributed by atoms with van der Waals surface area (Å²) in [5.74, 6) is -0.528. The highest BCUT2D eigenvalue weighted by atomic mass is 16.6. The summed E-state index contributed by atoms with van der Waals surface area (Å²) in [5, 5.41) is 9.21. The summed E-state index contributed by atoms with van der Waals surface area (Å²) in [5.41, 5.74) is 1.07. The van der Waals surface area contributed by atoms with E-state index in [0.717, 1.165) is 18.4 Å². The lowest BCUT2D eigenvalue weighted by molar-refractivity contribution is -0.134. The quantitative estimate of drug-likeness (QED) is 0.800. The molecule has 0 aromatic heterocycles. The normalized spacial score (nSPS) is 18.8. The lowest BCUT2D eigenvalue weighted by atomic mass is 9.96. The Balaban J connectivity index is 2.09. The van der Waals surface area contributed by atoms with Gasteiger partial charge in [0.05, 0.1) is 6.04 Å². The zero-order valence-corrected chi connectivity index (χ0v) is 13.6. The molecule has 2 rings (SSSR count). The van der Waals surface area contributed by atoms with Gasteiger partial charge < -0.3 is 9.84 Å². The van der Waals surface area contributed by atoms with Crippen LogP contribution in [0.15, 0.2) is 30.3 Å². The van der Waals surface area contributed by atoms with Gasteiger partial charge in [-0.15, -0.1) is 0 Å². The van der Waals surface area contributed by atoms with Crippen molar-refractivity contribution in [3.05, 3.63) is 35.9 Å². The Morgan fingerprint density at radius 2 is 2.09 bits per heavy atom. The Bertz CT molecular complexity index is 517. The van der Waals surface area contributed by atoms with E-state index in [0.29, 0.717) is 19.3 Å². The largest absolute Gasteiger partial charge is 0.447 e. The second kappa shape index (κ2) is 8.67. The number of aliphatic hydroxyl groups is 1. The lowest BCUT2D eigenvalue weighted by Crippen LogP contribution is -2.43. The molecular weight excluding hydrogens is 294 g/mol. The van der Waals surface area contributed by atoms with E-state index < -0.39 is 6.09 Å². The number of rotatable bonds is 8. The third-order valence-electron chi connectivity index (χ3n) is 4.25. The van der Waals surface area contributed by atoms with Gasteiger partial charge in [0, 0.05) is 12.5 Å². The van der Waals surface area contributed by atoms with Gasteiger partial charge in [0.25, 0.3) is 0 Å². The number of cyclic esters (lactones) is 1. The molecule has 0 saturated carbocycles. The minimum atomic E-state index is -0.560. The van der Waals surface area contributed by atoms with Crippen LogP contribution in [0.5, 0.6) is 0 Å². The fourth-order valence-electron chi connectivity index (χ4n) is 2.96. The molecule has 2 amide bonds. The molecule has 0 spiro atoms. The van der Waals surface area contributed by atoms with Gasteiger partial charge >= 0.3 is 6.09 Å². The molecule has 0 aliphatic carbocycles. The van der Waals surface area contributed by atoms with Crippen LogP contribution in [0, 0.1) is 5.92 Å². The van der Waals surface area contributed by atoms with Crippen molar-refractivity contribution in [3.63, 3.8) is 0 Å². The number of benzene rings is 1. The van der Waals surface area contributed by atoms with Crippen LogP contribution < -0.4 is 0 Å². The van der Waals surface area contributed by atoms with E-state index in [4.69, 9.17) is 4.74 Å². The molecule has 1 saturated heterocycles. The third-order valence-corrected chi connectivity index (χ3v) is 4.25. The van der Waals surface area contributed by atoms with Gasteiger partial charge in [-0.3, -0.25) is 4.79 Å². The monoisotopic (exact) mass is 319 g/mol. The number of hydrogen-bond acceptors (Lipinski definition) is 4. The summed E-state index contributed by atoms with van der Waals surface area (Å²) in [6.45, 7) is 2.24. The number of ether oxygens (including phenoxy) is 1. The highest BCUT2D eigenvalue weighted by Gasteiger charge is 2.40. The molecule has 1 N–H and O–H groups in total. The molecule has 1 heterocycles. The number of imide groups is 1. The van der Waals surface area contributed by atoms with E-state index in [2.05, 4.69) is 6.92 Å². The van der Waals surface area contributed by atoms with Crippen LogP contribution in [0.2, 0.25) is 0 Å². The first-order valence-corrected chi connectivity index (χ1v) is 8.32. The third kappa shape index (κ3) is 4.55. The molecule has 1 aromatic rings. The Labute approximate surface area is 137 Å². The topological polar surface area (TPSA) is 66.8 Å². The molecular formula is C18H25NO4. The second-order valence-corrected chi connectivity index (χ2v) is 5.98. The van der Waals surface area contributed by atoms with E-state index in [9.17, 15) is 14.7 Å². The summed E-state index contributed by atoms with van der Waals surface area (Å²) < 4.78 is 5.11. The van der Waals surface area contributed by atoms with Gasteiger partial charge in [-0.25, -0.2) is 9.69 Å². The number of unbranched alkanes of at least 4 members (excludes halogenated alkanes) is 1. The standard InChI is InChI=1S/C18H25NO4/c1-2-3-9-15(10-11-20)17(21)19-16(13-23-18(19)22)12-14-7-5-4-6-8-14/h4-8,15-16,20H,2-3,9-13H2,1H3/t15-,16+/m1/s1. The summed E-state index contributed by atoms with van der Waals surface area (Å²) in [4.78, 5) is 26.1. The molecule has 1 aromatic carbocycles. The van der Waals surface area contributed by atoms with E-state index in [1.165, 1.54) is 4.90 Å². The van der Waals surface area contributed by atoms with E-state index in [1.54, 1.807) is 0 Å². The number of nitrogens with zero attached hydrogens (tertiary/aromatic N) is 1. The Kier molecular flexibility index (Phi) is 6.59. The predicted octanol–water partition coefficient (Wildman–Crippen LogP) is 2.77. The Hall–Kier alpha value is -1.88. The van der Waals surface area contributed by atoms with Crippen LogP contribution in [0.4, 0.5) is 4.79 Å². The highest BCUT2D eigenvalue weighted by Crippen LogP contribution is 2.23. The maximum absolute atomic E-state index is 12.8. The molecule has 1 aliphatic heterocycles. The first kappa shape index (κ1) is 17.5. The lowest BCUT2D eigenvalue weighted by Gasteiger charge is -2.24. The maximum atomic E-state index is 12.8. The molecule has 5 heteroatoms. The molecule has 1 fully saturated rings. The van der Waals surface area contributed by atoms with Gasteiger partial charge in [-0.1, -0.05) is 50.1 Å². The van der Waals surface area contributed by atoms with Gasteiger partial charge in [0.1, 0.15) is 6.61 Å². The average Bonchev–Trinajstić information content (AvgIpc) is 2.92. The Morgan fingerprint density at radius 3 is 2.74 bits per heavy atom. The van der Waals surface area contributed by atoms with Crippen LogP contribution in [0.3, 0.4) is 0 Å². The first-order valence-electron chi connectivity index (χ1n) is 8.32. The molecule has 0 radical (unpaired) electrons. The van der Waals surface area contributed by atoms with E-state index in [-0.39, 0.29) is 31.1 Å². The van der Waals surface area contributed by atoms with Crippen molar-refractivity contribution in [3.8, 4) is 0 Å². The van der Waals surface area contributed by atoms with Gasteiger partial charge in [-0.05, 0) is 24.8 Å². The Morgan fingerprint density at radius 1 is 1.35 bits per heavy atom. The predicted molar refractivity (Wildman–Crippen MR) is 86.8 cm³/mol. The molecule has 0 unspecified atom stereocenters. The minimum Gasteiger partial charge on any atom is -0.447 e. The summed E-state index contributed by atoms with van der Waals surface area (Å²) in [7, 11) is 0. The molecule has 23 heavy (non-hydrogen) atoms. The van der Waals surface area contributed by atoms with Crippen molar-refractivity contribution >= 4 is 12.0 Å². The molecule has 126 valence electrons. The van der Waals surface area contributed by atoms with Crippen LogP contribution >= 0.6 is 0 Å². The van der Waals surface area contributed by atoms with Crippen LogP contribution in [0.25, 0.3) is 0 Å². The molecule has 1 aliphatic rings. The highest BCUT2D eigenvalue weighted by molar-refractivity contribution is 5.94. The van der Waals surface area contributed by atoms with E-state index in [1.807, 2.05) is 30.3 Å². The van der Waals surface area contributed by atoms with Crippen LogP contribution in [0.1, 0.15) is 38.2 Å². The zero-order valence-electron chi connectivity index (χ0n) is 13.6. The number of hydrogen-bond donors (Lipinski definition) is 1. The van der Waals surface area contributed by atoms with Gasteiger partial charge in [0.15, 0.2) is 0 Å². The fourth-order valence-corrected chi connectivity index (χ4v) is 2.96. The van der Waals surface area contributed by atoms with Crippen molar-refractivity contribution in [1.29, 1.82) is 0 Å². The van der Waals surface area contributed by atoms with Crippen molar-refractivity contribution in [2.24, 2.45) is 5.92 Å². The SMILES string of the molecule is CCCC[C@H](CCO)C(=O)N1C(=O)OC[C@@H]1Cc1ccccc1. The summed E-state index contributed by atoms with van der Waals surface area (Å²) in [6.07, 6.45) is 3.00. The number of aliphatic hydroxyl groups excluding tert-OH is 1. The van der Waals surface area contributed by atoms with E-state index >= 15 is 0 Å². The molecule has 2 atom stereocenters. The number of amides is 2. The number of carbonyl (C=O) groups is 2. The zero-order chi connectivity index (χ0) is 16.7. The summed E-state index contributed by atoms with van der Waals surface area (Å²) in [6, 6.07) is 9.51. The number of carbonyl (C=O) groups excluding carboxylic acids is 2. The second-order valence-electron chi connectivity index (χ2n) is 5.98. The average molecular weight is 319 g/mol. The summed E-state index contributed by atoms with van der Waals surface area (Å²) >= 11 is 0.